The van der Waals surface area contributed by atoms with Crippen molar-refractivity contribution in [1.29, 1.82) is 0 Å². The summed E-state index contributed by atoms with van der Waals surface area (Å²) in [5.41, 5.74) is 11.7. The van der Waals surface area contributed by atoms with Crippen LogP contribution in [0.25, 0.3) is 11.1 Å². The quantitative estimate of drug-likeness (QED) is 0.654. The van der Waals surface area contributed by atoms with Crippen molar-refractivity contribution in [2.75, 3.05) is 20.2 Å². The number of halogens is 1. The molecule has 2 N–H and O–H groups in total. The molecule has 30 heavy (non-hydrogen) atoms. The largest absolute Gasteiger partial charge is 0.448 e. The Morgan fingerprint density at radius 3 is 2.30 bits per heavy atom. The van der Waals surface area contributed by atoms with E-state index in [9.17, 15) is 9.18 Å². The SMILES string of the molecule is CN(C[C@@H](N)Cc1cccc(F)c1)C(=O)OCC1c2ccccc2-c2ccccc21. The van der Waals surface area contributed by atoms with E-state index < -0.39 is 6.09 Å². The van der Waals surface area contributed by atoms with Crippen molar-refractivity contribution in [3.05, 3.63) is 95.3 Å². The number of likely N-dealkylation sites (N-methyl/N-ethyl adjacent to an activating group) is 1. The van der Waals surface area contributed by atoms with Gasteiger partial charge in [-0.3, -0.25) is 0 Å². The fourth-order valence-corrected chi connectivity index (χ4v) is 4.16. The van der Waals surface area contributed by atoms with Crippen molar-refractivity contribution in [2.45, 2.75) is 18.4 Å². The van der Waals surface area contributed by atoms with Crippen LogP contribution in [0.1, 0.15) is 22.6 Å². The van der Waals surface area contributed by atoms with Gasteiger partial charge in [-0.15, -0.1) is 0 Å². The van der Waals surface area contributed by atoms with Crippen LogP contribution in [0.5, 0.6) is 0 Å². The first-order valence-electron chi connectivity index (χ1n) is 10.1. The first kappa shape index (κ1) is 20.1. The van der Waals surface area contributed by atoms with Crippen LogP contribution in [-0.2, 0) is 11.2 Å². The normalized spacial score (nSPS) is 13.4. The molecule has 3 aromatic rings. The molecule has 0 saturated heterocycles. The summed E-state index contributed by atoms with van der Waals surface area (Å²) in [4.78, 5) is 14.0. The lowest BCUT2D eigenvalue weighted by molar-refractivity contribution is 0.106. The van der Waals surface area contributed by atoms with Gasteiger partial charge in [0.2, 0.25) is 0 Å². The molecule has 3 aromatic carbocycles. The number of carbonyl (C=O) groups is 1. The molecule has 1 aliphatic rings. The monoisotopic (exact) mass is 404 g/mol. The molecule has 5 heteroatoms. The average molecular weight is 404 g/mol. The van der Waals surface area contributed by atoms with Gasteiger partial charge < -0.3 is 15.4 Å². The summed E-state index contributed by atoms with van der Waals surface area (Å²) >= 11 is 0. The number of nitrogens with two attached hydrogens (primary N) is 1. The van der Waals surface area contributed by atoms with Crippen LogP contribution in [0.4, 0.5) is 9.18 Å². The molecule has 0 unspecified atom stereocenters. The van der Waals surface area contributed by atoms with Crippen LogP contribution in [0, 0.1) is 5.82 Å². The third kappa shape index (κ3) is 4.21. The van der Waals surface area contributed by atoms with E-state index in [-0.39, 0.29) is 24.4 Å². The fourth-order valence-electron chi connectivity index (χ4n) is 4.16. The topological polar surface area (TPSA) is 55.6 Å². The second-order valence-electron chi connectivity index (χ2n) is 7.78. The summed E-state index contributed by atoms with van der Waals surface area (Å²) in [6.07, 6.45) is 0.0743. The van der Waals surface area contributed by atoms with E-state index in [0.29, 0.717) is 13.0 Å². The van der Waals surface area contributed by atoms with Gasteiger partial charge in [0.15, 0.2) is 0 Å². The molecule has 0 aromatic heterocycles. The van der Waals surface area contributed by atoms with Crippen molar-refractivity contribution in [2.24, 2.45) is 5.73 Å². The molecule has 1 amide bonds. The van der Waals surface area contributed by atoms with E-state index >= 15 is 0 Å². The summed E-state index contributed by atoms with van der Waals surface area (Å²) < 4.78 is 19.0. The molecule has 1 atom stereocenters. The lowest BCUT2D eigenvalue weighted by atomic mass is 9.98. The minimum atomic E-state index is -0.411. The highest BCUT2D eigenvalue weighted by Crippen LogP contribution is 2.44. The number of amides is 1. The van der Waals surface area contributed by atoms with E-state index in [1.807, 2.05) is 30.3 Å². The van der Waals surface area contributed by atoms with Gasteiger partial charge in [-0.2, -0.15) is 0 Å². The van der Waals surface area contributed by atoms with Gasteiger partial charge in [-0.1, -0.05) is 60.7 Å². The van der Waals surface area contributed by atoms with Crippen LogP contribution < -0.4 is 5.73 Å². The summed E-state index contributed by atoms with van der Waals surface area (Å²) in [5.74, 6) is -0.264. The molecule has 0 saturated carbocycles. The molecule has 0 radical (unpaired) electrons. The van der Waals surface area contributed by atoms with Gasteiger partial charge in [-0.25, -0.2) is 9.18 Å². The smallest absolute Gasteiger partial charge is 0.409 e. The van der Waals surface area contributed by atoms with Gasteiger partial charge in [0, 0.05) is 25.6 Å². The molecule has 0 heterocycles. The third-order valence-corrected chi connectivity index (χ3v) is 5.54. The lowest BCUT2D eigenvalue weighted by Crippen LogP contribution is -2.40. The fraction of sp³-hybridized carbons (Fsp3) is 0.240. The Morgan fingerprint density at radius 2 is 1.67 bits per heavy atom. The van der Waals surface area contributed by atoms with Gasteiger partial charge in [0.05, 0.1) is 0 Å². The first-order chi connectivity index (χ1) is 14.5. The molecule has 0 fully saturated rings. The number of hydrogen-bond donors (Lipinski definition) is 1. The first-order valence-corrected chi connectivity index (χ1v) is 10.1. The second kappa shape index (κ2) is 8.67. The Labute approximate surface area is 176 Å². The third-order valence-electron chi connectivity index (χ3n) is 5.54. The number of rotatable bonds is 6. The molecular weight excluding hydrogens is 379 g/mol. The maximum absolute atomic E-state index is 13.3. The van der Waals surface area contributed by atoms with Gasteiger partial charge >= 0.3 is 6.09 Å². The molecule has 0 bridgehead atoms. The number of hydrogen-bond acceptors (Lipinski definition) is 3. The predicted octanol–water partition coefficient (Wildman–Crippen LogP) is 4.58. The van der Waals surface area contributed by atoms with Crippen LogP contribution >= 0.6 is 0 Å². The van der Waals surface area contributed by atoms with Crippen molar-refractivity contribution in [3.8, 4) is 11.1 Å². The van der Waals surface area contributed by atoms with E-state index in [0.717, 1.165) is 5.56 Å². The van der Waals surface area contributed by atoms with E-state index in [1.165, 1.54) is 39.3 Å². The molecule has 0 spiro atoms. The van der Waals surface area contributed by atoms with Crippen LogP contribution in [0.15, 0.2) is 72.8 Å². The van der Waals surface area contributed by atoms with Gasteiger partial charge in [0.1, 0.15) is 12.4 Å². The number of ether oxygens (including phenoxy) is 1. The van der Waals surface area contributed by atoms with Crippen LogP contribution in [0.3, 0.4) is 0 Å². The summed E-state index contributed by atoms with van der Waals surface area (Å²) in [7, 11) is 1.67. The summed E-state index contributed by atoms with van der Waals surface area (Å²) in [6.45, 7) is 0.601. The molecule has 1 aliphatic carbocycles. The lowest BCUT2D eigenvalue weighted by Gasteiger charge is -2.22. The molecule has 0 aliphatic heterocycles. The summed E-state index contributed by atoms with van der Waals surface area (Å²) in [5, 5.41) is 0. The number of benzene rings is 3. The maximum atomic E-state index is 13.3. The Hall–Kier alpha value is -3.18. The minimum Gasteiger partial charge on any atom is -0.448 e. The highest BCUT2D eigenvalue weighted by atomic mass is 19.1. The molecular formula is C25H25FN2O2. The Morgan fingerprint density at radius 1 is 1.03 bits per heavy atom. The zero-order valence-corrected chi connectivity index (χ0v) is 16.9. The van der Waals surface area contributed by atoms with Gasteiger partial charge in [0.25, 0.3) is 0 Å². The minimum absolute atomic E-state index is 0.0238. The van der Waals surface area contributed by atoms with Gasteiger partial charge in [-0.05, 0) is 46.4 Å². The highest BCUT2D eigenvalue weighted by Gasteiger charge is 2.29. The maximum Gasteiger partial charge on any atom is 0.409 e. The Bertz CT molecular complexity index is 1010. The van der Waals surface area contributed by atoms with E-state index in [1.54, 1.807) is 13.1 Å². The Kier molecular flexibility index (Phi) is 5.81. The molecule has 4 rings (SSSR count). The summed E-state index contributed by atoms with van der Waals surface area (Å²) in [6, 6.07) is 22.5. The zero-order chi connectivity index (χ0) is 21.1. The van der Waals surface area contributed by atoms with Crippen molar-refractivity contribution >= 4 is 6.09 Å². The number of fused-ring (bicyclic) bond motifs is 3. The van der Waals surface area contributed by atoms with Crippen molar-refractivity contribution in [3.63, 3.8) is 0 Å². The van der Waals surface area contributed by atoms with Crippen LogP contribution in [0.2, 0.25) is 0 Å². The van der Waals surface area contributed by atoms with Crippen molar-refractivity contribution < 1.29 is 13.9 Å². The zero-order valence-electron chi connectivity index (χ0n) is 16.9. The standard InChI is InChI=1S/C25H25FN2O2/c1-28(15-19(27)14-17-7-6-8-18(26)13-17)25(29)30-16-24-22-11-4-2-9-20(22)21-10-3-5-12-23(21)24/h2-13,19,24H,14-16,27H2,1H3/t19-/m0/s1. The molecule has 154 valence electrons. The van der Waals surface area contributed by atoms with Crippen molar-refractivity contribution in [1.82, 2.24) is 4.90 Å². The average Bonchev–Trinajstić information content (AvgIpc) is 3.06. The number of carbonyl (C=O) groups excluding carboxylic acids is 1. The van der Waals surface area contributed by atoms with Crippen LogP contribution in [-0.4, -0.2) is 37.2 Å². The molecule has 4 nitrogen and oxygen atoms in total. The Balaban J connectivity index is 1.36. The predicted molar refractivity (Wildman–Crippen MR) is 116 cm³/mol. The van der Waals surface area contributed by atoms with E-state index in [4.69, 9.17) is 10.5 Å². The second-order valence-corrected chi connectivity index (χ2v) is 7.78. The number of nitrogens with zero attached hydrogens (tertiary/aromatic N) is 1. The highest BCUT2D eigenvalue weighted by molar-refractivity contribution is 5.79. The van der Waals surface area contributed by atoms with E-state index in [2.05, 4.69) is 24.3 Å².